The SMILES string of the molecule is CCCN(CC(=O)Nc1ccccc1C)C(=O)/C=C/c1ccc(OC(F)(F)F)cc1. The van der Waals surface area contributed by atoms with Crippen LogP contribution in [0.25, 0.3) is 6.08 Å². The summed E-state index contributed by atoms with van der Waals surface area (Å²) < 4.78 is 40.4. The summed E-state index contributed by atoms with van der Waals surface area (Å²) in [5.41, 5.74) is 2.12. The molecule has 0 heterocycles. The maximum atomic E-state index is 12.5. The van der Waals surface area contributed by atoms with E-state index < -0.39 is 6.36 Å². The normalized spacial score (nSPS) is 11.4. The fourth-order valence-corrected chi connectivity index (χ4v) is 2.67. The quantitative estimate of drug-likeness (QED) is 0.625. The number of nitrogens with zero attached hydrogens (tertiary/aromatic N) is 1. The summed E-state index contributed by atoms with van der Waals surface area (Å²) in [6, 6.07) is 12.5. The average Bonchev–Trinajstić information content (AvgIpc) is 2.67. The number of alkyl halides is 3. The van der Waals surface area contributed by atoms with Crippen LogP contribution in [-0.4, -0.2) is 36.2 Å². The van der Waals surface area contributed by atoms with Crippen molar-refractivity contribution in [1.82, 2.24) is 4.90 Å². The third-order valence-corrected chi connectivity index (χ3v) is 4.09. The molecule has 1 N–H and O–H groups in total. The lowest BCUT2D eigenvalue weighted by Crippen LogP contribution is -2.37. The van der Waals surface area contributed by atoms with E-state index in [0.717, 1.165) is 17.7 Å². The van der Waals surface area contributed by atoms with E-state index in [2.05, 4.69) is 10.1 Å². The summed E-state index contributed by atoms with van der Waals surface area (Å²) >= 11 is 0. The van der Waals surface area contributed by atoms with Crippen LogP contribution in [0, 0.1) is 6.92 Å². The molecule has 0 aromatic heterocycles. The van der Waals surface area contributed by atoms with Crippen LogP contribution in [0.4, 0.5) is 18.9 Å². The van der Waals surface area contributed by atoms with Crippen LogP contribution in [0.1, 0.15) is 24.5 Å². The molecule has 0 saturated carbocycles. The number of carbonyl (C=O) groups excluding carboxylic acids is 2. The van der Waals surface area contributed by atoms with Crippen LogP contribution < -0.4 is 10.1 Å². The van der Waals surface area contributed by atoms with Gasteiger partial charge in [0.15, 0.2) is 0 Å². The number of rotatable bonds is 8. The van der Waals surface area contributed by atoms with Crippen LogP contribution >= 0.6 is 0 Å². The minimum Gasteiger partial charge on any atom is -0.406 e. The molecule has 0 aliphatic rings. The maximum Gasteiger partial charge on any atom is 0.573 e. The van der Waals surface area contributed by atoms with Crippen molar-refractivity contribution in [1.29, 1.82) is 0 Å². The van der Waals surface area contributed by atoms with Crippen LogP contribution in [0.3, 0.4) is 0 Å². The van der Waals surface area contributed by atoms with Gasteiger partial charge in [-0.2, -0.15) is 0 Å². The van der Waals surface area contributed by atoms with E-state index in [1.165, 1.54) is 29.2 Å². The van der Waals surface area contributed by atoms with Gasteiger partial charge in [0, 0.05) is 18.3 Å². The van der Waals surface area contributed by atoms with Crippen molar-refractivity contribution in [2.45, 2.75) is 26.6 Å². The van der Waals surface area contributed by atoms with E-state index in [0.29, 0.717) is 24.2 Å². The van der Waals surface area contributed by atoms with Gasteiger partial charge in [0.05, 0.1) is 0 Å². The summed E-state index contributed by atoms with van der Waals surface area (Å²) in [6.07, 6.45) is -1.33. The number of anilines is 1. The van der Waals surface area contributed by atoms with E-state index in [9.17, 15) is 22.8 Å². The summed E-state index contributed by atoms with van der Waals surface area (Å²) in [5, 5.41) is 2.79. The molecule has 0 aliphatic carbocycles. The number of benzene rings is 2. The summed E-state index contributed by atoms with van der Waals surface area (Å²) in [7, 11) is 0. The number of hydrogen-bond donors (Lipinski definition) is 1. The van der Waals surface area contributed by atoms with Gasteiger partial charge in [-0.3, -0.25) is 9.59 Å². The second-order valence-electron chi connectivity index (χ2n) is 6.57. The Morgan fingerprint density at radius 1 is 1.10 bits per heavy atom. The number of para-hydroxylation sites is 1. The molecule has 0 aliphatic heterocycles. The van der Waals surface area contributed by atoms with Gasteiger partial charge in [0.1, 0.15) is 12.3 Å². The van der Waals surface area contributed by atoms with Gasteiger partial charge < -0.3 is 15.0 Å². The van der Waals surface area contributed by atoms with Crippen LogP contribution in [0.15, 0.2) is 54.6 Å². The first-order chi connectivity index (χ1) is 14.2. The van der Waals surface area contributed by atoms with Crippen LogP contribution in [-0.2, 0) is 9.59 Å². The smallest absolute Gasteiger partial charge is 0.406 e. The monoisotopic (exact) mass is 420 g/mol. The molecule has 0 atom stereocenters. The maximum absolute atomic E-state index is 12.5. The van der Waals surface area contributed by atoms with Gasteiger partial charge in [-0.15, -0.1) is 13.2 Å². The van der Waals surface area contributed by atoms with Crippen molar-refractivity contribution < 1.29 is 27.5 Å². The fourth-order valence-electron chi connectivity index (χ4n) is 2.67. The average molecular weight is 420 g/mol. The highest BCUT2D eigenvalue weighted by molar-refractivity contribution is 5.98. The third kappa shape index (κ3) is 7.62. The van der Waals surface area contributed by atoms with Crippen molar-refractivity contribution in [3.05, 3.63) is 65.7 Å². The summed E-state index contributed by atoms with van der Waals surface area (Å²) in [6.45, 7) is 4.05. The number of halogens is 3. The zero-order chi connectivity index (χ0) is 22.1. The Morgan fingerprint density at radius 3 is 2.37 bits per heavy atom. The Morgan fingerprint density at radius 2 is 1.77 bits per heavy atom. The highest BCUT2D eigenvalue weighted by atomic mass is 19.4. The number of carbonyl (C=O) groups is 2. The molecule has 0 saturated heterocycles. The molecule has 0 unspecified atom stereocenters. The first kappa shape index (κ1) is 23.0. The van der Waals surface area contributed by atoms with Crippen molar-refractivity contribution >= 4 is 23.6 Å². The van der Waals surface area contributed by atoms with Crippen molar-refractivity contribution in [2.24, 2.45) is 0 Å². The van der Waals surface area contributed by atoms with Gasteiger partial charge in [0.2, 0.25) is 11.8 Å². The Labute approximate surface area is 173 Å². The predicted octanol–water partition coefficient (Wildman–Crippen LogP) is 4.78. The molecule has 0 radical (unpaired) electrons. The van der Waals surface area contributed by atoms with Gasteiger partial charge in [0.25, 0.3) is 0 Å². The molecular weight excluding hydrogens is 397 g/mol. The molecule has 5 nitrogen and oxygen atoms in total. The summed E-state index contributed by atoms with van der Waals surface area (Å²) in [4.78, 5) is 26.3. The van der Waals surface area contributed by atoms with E-state index in [4.69, 9.17) is 0 Å². The van der Waals surface area contributed by atoms with E-state index in [1.807, 2.05) is 32.0 Å². The third-order valence-electron chi connectivity index (χ3n) is 4.09. The Balaban J connectivity index is 1.99. The van der Waals surface area contributed by atoms with Crippen molar-refractivity contribution in [2.75, 3.05) is 18.4 Å². The van der Waals surface area contributed by atoms with E-state index in [1.54, 1.807) is 6.07 Å². The van der Waals surface area contributed by atoms with Gasteiger partial charge in [-0.05, 0) is 48.7 Å². The number of hydrogen-bond acceptors (Lipinski definition) is 3. The van der Waals surface area contributed by atoms with Crippen molar-refractivity contribution in [3.8, 4) is 5.75 Å². The largest absolute Gasteiger partial charge is 0.573 e. The highest BCUT2D eigenvalue weighted by Crippen LogP contribution is 2.23. The topological polar surface area (TPSA) is 58.6 Å². The molecule has 2 aromatic carbocycles. The van der Waals surface area contributed by atoms with Gasteiger partial charge in [-0.1, -0.05) is 37.3 Å². The second-order valence-corrected chi connectivity index (χ2v) is 6.57. The Kier molecular flexibility index (Phi) is 8.03. The van der Waals surface area contributed by atoms with E-state index in [-0.39, 0.29) is 24.1 Å². The number of amides is 2. The number of aryl methyl sites for hydroxylation is 1. The van der Waals surface area contributed by atoms with Gasteiger partial charge >= 0.3 is 6.36 Å². The molecule has 2 rings (SSSR count). The first-order valence-electron chi connectivity index (χ1n) is 9.36. The molecule has 8 heteroatoms. The van der Waals surface area contributed by atoms with Crippen LogP contribution in [0.2, 0.25) is 0 Å². The molecule has 2 amide bonds. The van der Waals surface area contributed by atoms with E-state index >= 15 is 0 Å². The Bertz CT molecular complexity index is 893. The lowest BCUT2D eigenvalue weighted by Gasteiger charge is -2.20. The molecule has 2 aromatic rings. The second kappa shape index (κ2) is 10.5. The van der Waals surface area contributed by atoms with Crippen LogP contribution in [0.5, 0.6) is 5.75 Å². The number of ether oxygens (including phenoxy) is 1. The fraction of sp³-hybridized carbons (Fsp3) is 0.273. The molecule has 0 fully saturated rings. The predicted molar refractivity (Wildman–Crippen MR) is 109 cm³/mol. The zero-order valence-corrected chi connectivity index (χ0v) is 16.7. The number of nitrogens with one attached hydrogen (secondary N) is 1. The molecule has 0 spiro atoms. The lowest BCUT2D eigenvalue weighted by molar-refractivity contribution is -0.274. The standard InChI is InChI=1S/C22H23F3N2O3/c1-3-14-27(15-20(28)26-19-7-5-4-6-16(19)2)21(29)13-10-17-8-11-18(12-9-17)30-22(23,24)25/h4-13H,3,14-15H2,1-2H3,(H,26,28)/b13-10+. The Hall–Kier alpha value is -3.29. The molecular formula is C22H23F3N2O3. The zero-order valence-electron chi connectivity index (χ0n) is 16.7. The van der Waals surface area contributed by atoms with Crippen molar-refractivity contribution in [3.63, 3.8) is 0 Å². The minimum absolute atomic E-state index is 0.107. The highest BCUT2D eigenvalue weighted by Gasteiger charge is 2.30. The first-order valence-corrected chi connectivity index (χ1v) is 9.36. The molecule has 30 heavy (non-hydrogen) atoms. The summed E-state index contributed by atoms with van der Waals surface area (Å²) in [5.74, 6) is -1.02. The molecule has 160 valence electrons. The minimum atomic E-state index is -4.76. The molecule has 0 bridgehead atoms. The lowest BCUT2D eigenvalue weighted by atomic mass is 10.2. The van der Waals surface area contributed by atoms with Gasteiger partial charge in [-0.25, -0.2) is 0 Å².